The van der Waals surface area contributed by atoms with E-state index < -0.39 is 5.97 Å². The molecule has 5 heteroatoms. The van der Waals surface area contributed by atoms with Crippen LogP contribution in [0.3, 0.4) is 0 Å². The summed E-state index contributed by atoms with van der Waals surface area (Å²) in [6, 6.07) is 0.350. The number of aliphatic carboxylic acids is 1. The van der Waals surface area contributed by atoms with Crippen LogP contribution < -0.4 is 0 Å². The van der Waals surface area contributed by atoms with Crippen molar-refractivity contribution in [2.45, 2.75) is 45.6 Å². The number of rotatable bonds is 7. The first-order chi connectivity index (χ1) is 8.41. The van der Waals surface area contributed by atoms with E-state index >= 15 is 0 Å². The van der Waals surface area contributed by atoms with Gasteiger partial charge < -0.3 is 14.9 Å². The summed E-state index contributed by atoms with van der Waals surface area (Å²) in [5.41, 5.74) is 0. The lowest BCUT2D eigenvalue weighted by Crippen LogP contribution is -2.43. The van der Waals surface area contributed by atoms with Crippen molar-refractivity contribution in [1.82, 2.24) is 9.80 Å². The van der Waals surface area contributed by atoms with Crippen LogP contribution >= 0.6 is 0 Å². The molecule has 18 heavy (non-hydrogen) atoms. The maximum Gasteiger partial charge on any atom is 0.320 e. The van der Waals surface area contributed by atoms with Crippen molar-refractivity contribution in [2.75, 3.05) is 20.1 Å². The van der Waals surface area contributed by atoms with Crippen LogP contribution in [0.1, 0.15) is 39.5 Å². The number of hydrogen-bond donors (Lipinski definition) is 1. The molecular formula is C13H24N2O3. The van der Waals surface area contributed by atoms with Crippen molar-refractivity contribution >= 4 is 12.0 Å². The van der Waals surface area contributed by atoms with Crippen molar-refractivity contribution in [1.29, 1.82) is 0 Å². The Morgan fingerprint density at radius 1 is 1.28 bits per heavy atom. The second-order valence-electron chi connectivity index (χ2n) is 5.45. The van der Waals surface area contributed by atoms with Crippen LogP contribution in [0.15, 0.2) is 0 Å². The summed E-state index contributed by atoms with van der Waals surface area (Å²) in [5.74, 6) is -0.293. The molecule has 0 heterocycles. The highest BCUT2D eigenvalue weighted by atomic mass is 16.4. The first-order valence-electron chi connectivity index (χ1n) is 6.65. The molecule has 104 valence electrons. The zero-order chi connectivity index (χ0) is 13.7. The van der Waals surface area contributed by atoms with Gasteiger partial charge in [-0.15, -0.1) is 0 Å². The summed E-state index contributed by atoms with van der Waals surface area (Å²) in [5, 5.41) is 8.63. The van der Waals surface area contributed by atoms with E-state index in [9.17, 15) is 9.59 Å². The molecule has 0 aromatic rings. The lowest BCUT2D eigenvalue weighted by atomic mass is 10.1. The van der Waals surface area contributed by atoms with Gasteiger partial charge in [0.05, 0.1) is 6.42 Å². The lowest BCUT2D eigenvalue weighted by Gasteiger charge is -2.28. The summed E-state index contributed by atoms with van der Waals surface area (Å²) < 4.78 is 0. The average Bonchev–Trinajstić information content (AvgIpc) is 3.09. The summed E-state index contributed by atoms with van der Waals surface area (Å²) >= 11 is 0. The predicted octanol–water partition coefficient (Wildman–Crippen LogP) is 2.02. The van der Waals surface area contributed by atoms with Crippen LogP contribution in [0.4, 0.5) is 4.79 Å². The Morgan fingerprint density at radius 3 is 2.33 bits per heavy atom. The number of carboxylic acids is 1. The maximum atomic E-state index is 12.2. The van der Waals surface area contributed by atoms with E-state index in [1.807, 2.05) is 4.90 Å². The van der Waals surface area contributed by atoms with Gasteiger partial charge in [-0.25, -0.2) is 4.79 Å². The first kappa shape index (κ1) is 14.8. The number of nitrogens with zero attached hydrogens (tertiary/aromatic N) is 2. The molecule has 0 saturated heterocycles. The van der Waals surface area contributed by atoms with Crippen molar-refractivity contribution in [3.63, 3.8) is 0 Å². The first-order valence-corrected chi connectivity index (χ1v) is 6.65. The van der Waals surface area contributed by atoms with E-state index in [1.54, 1.807) is 7.05 Å². The Bertz CT molecular complexity index is 301. The third-order valence-corrected chi connectivity index (χ3v) is 3.17. The minimum Gasteiger partial charge on any atom is -0.481 e. The van der Waals surface area contributed by atoms with E-state index in [4.69, 9.17) is 5.11 Å². The lowest BCUT2D eigenvalue weighted by molar-refractivity contribution is -0.137. The second-order valence-corrected chi connectivity index (χ2v) is 5.45. The van der Waals surface area contributed by atoms with Gasteiger partial charge in [0.1, 0.15) is 0 Å². The van der Waals surface area contributed by atoms with Gasteiger partial charge in [-0.3, -0.25) is 4.79 Å². The molecule has 1 rings (SSSR count). The molecule has 0 atom stereocenters. The zero-order valence-corrected chi connectivity index (χ0v) is 11.6. The summed E-state index contributed by atoms with van der Waals surface area (Å²) in [6.45, 7) is 5.34. The molecule has 0 bridgehead atoms. The van der Waals surface area contributed by atoms with Gasteiger partial charge in [-0.2, -0.15) is 0 Å². The van der Waals surface area contributed by atoms with Gasteiger partial charge in [0.2, 0.25) is 0 Å². The average molecular weight is 256 g/mol. The van der Waals surface area contributed by atoms with E-state index in [2.05, 4.69) is 13.8 Å². The number of carboxylic acid groups (broad SMARTS) is 1. The van der Waals surface area contributed by atoms with Gasteiger partial charge in [-0.05, 0) is 25.2 Å². The molecule has 1 fully saturated rings. The molecule has 1 saturated carbocycles. The second kappa shape index (κ2) is 6.61. The van der Waals surface area contributed by atoms with E-state index in [0.29, 0.717) is 12.0 Å². The molecule has 0 spiro atoms. The van der Waals surface area contributed by atoms with Gasteiger partial charge in [0.15, 0.2) is 0 Å². The fourth-order valence-corrected chi connectivity index (χ4v) is 1.80. The number of amides is 2. The molecule has 0 aliphatic heterocycles. The van der Waals surface area contributed by atoms with Crippen LogP contribution in [-0.4, -0.2) is 53.1 Å². The van der Waals surface area contributed by atoms with Crippen molar-refractivity contribution < 1.29 is 14.7 Å². The molecule has 1 aliphatic carbocycles. The fourth-order valence-electron chi connectivity index (χ4n) is 1.80. The monoisotopic (exact) mass is 256 g/mol. The van der Waals surface area contributed by atoms with Gasteiger partial charge in [0.25, 0.3) is 0 Å². The minimum absolute atomic E-state index is 0.00489. The van der Waals surface area contributed by atoms with Gasteiger partial charge in [0, 0.05) is 26.2 Å². The summed E-state index contributed by atoms with van der Waals surface area (Å²) in [4.78, 5) is 26.1. The van der Waals surface area contributed by atoms with E-state index in [1.165, 1.54) is 4.90 Å². The molecule has 1 aliphatic rings. The highest BCUT2D eigenvalue weighted by Gasteiger charge is 2.33. The molecule has 2 amide bonds. The van der Waals surface area contributed by atoms with Crippen LogP contribution in [0.5, 0.6) is 0 Å². The molecule has 0 radical (unpaired) electrons. The molecule has 5 nitrogen and oxygen atoms in total. The van der Waals surface area contributed by atoms with Gasteiger partial charge in [-0.1, -0.05) is 13.8 Å². The third-order valence-electron chi connectivity index (χ3n) is 3.17. The van der Waals surface area contributed by atoms with Crippen LogP contribution in [0.25, 0.3) is 0 Å². The van der Waals surface area contributed by atoms with Crippen molar-refractivity contribution in [3.8, 4) is 0 Å². The predicted molar refractivity (Wildman–Crippen MR) is 69.5 cm³/mol. The summed E-state index contributed by atoms with van der Waals surface area (Å²) in [7, 11) is 1.68. The minimum atomic E-state index is -0.866. The fraction of sp³-hybridized carbons (Fsp3) is 0.846. The van der Waals surface area contributed by atoms with Crippen molar-refractivity contribution in [2.24, 2.45) is 5.92 Å². The molecule has 1 N–H and O–H groups in total. The quantitative estimate of drug-likeness (QED) is 0.758. The molecule has 0 aromatic carbocycles. The molecule has 0 unspecified atom stereocenters. The summed E-state index contributed by atoms with van der Waals surface area (Å²) in [6.07, 6.45) is 3.16. The Morgan fingerprint density at radius 2 is 1.89 bits per heavy atom. The largest absolute Gasteiger partial charge is 0.481 e. The number of carbonyl (C=O) groups excluding carboxylic acids is 1. The topological polar surface area (TPSA) is 60.9 Å². The van der Waals surface area contributed by atoms with E-state index in [0.717, 1.165) is 25.8 Å². The molecular weight excluding hydrogens is 232 g/mol. The number of hydrogen-bond acceptors (Lipinski definition) is 2. The van der Waals surface area contributed by atoms with E-state index in [-0.39, 0.29) is 19.0 Å². The Kier molecular flexibility index (Phi) is 5.44. The molecule has 0 aromatic heterocycles. The third kappa shape index (κ3) is 4.94. The Labute approximate surface area is 109 Å². The SMILES string of the molecule is CC(C)CCN(C(=O)N(C)CCC(=O)O)C1CC1. The van der Waals surface area contributed by atoms with Crippen LogP contribution in [-0.2, 0) is 4.79 Å². The normalized spacial score (nSPS) is 14.7. The standard InChI is InChI=1S/C13H24N2O3/c1-10(2)6-9-15(11-4-5-11)13(18)14(3)8-7-12(16)17/h10-11H,4-9H2,1-3H3,(H,16,17). The van der Waals surface area contributed by atoms with Gasteiger partial charge >= 0.3 is 12.0 Å². The highest BCUT2D eigenvalue weighted by Crippen LogP contribution is 2.28. The Balaban J connectivity index is 2.45. The van der Waals surface area contributed by atoms with Crippen LogP contribution in [0, 0.1) is 5.92 Å². The smallest absolute Gasteiger partial charge is 0.320 e. The maximum absolute atomic E-state index is 12.2. The zero-order valence-electron chi connectivity index (χ0n) is 11.6. The van der Waals surface area contributed by atoms with Crippen molar-refractivity contribution in [3.05, 3.63) is 0 Å². The number of urea groups is 1. The van der Waals surface area contributed by atoms with Crippen LogP contribution in [0.2, 0.25) is 0 Å². The number of carbonyl (C=O) groups is 2. The Hall–Kier alpha value is -1.26. The highest BCUT2D eigenvalue weighted by molar-refractivity contribution is 5.75.